The predicted molar refractivity (Wildman–Crippen MR) is 86.0 cm³/mol. The number of carbonyl (C=O) groups excluding carboxylic acids is 1. The fourth-order valence-corrected chi connectivity index (χ4v) is 2.15. The van der Waals surface area contributed by atoms with Crippen LogP contribution in [0.5, 0.6) is 0 Å². The van der Waals surface area contributed by atoms with E-state index in [0.29, 0.717) is 0 Å². The summed E-state index contributed by atoms with van der Waals surface area (Å²) in [4.78, 5) is 10.9. The van der Waals surface area contributed by atoms with Crippen molar-refractivity contribution in [2.24, 2.45) is 0 Å². The standard InChI is InChI=1S/C16H5F25O6/c1-3(17)6(19,20)45-7(21,11(27,28)29)15(38,39)47-9(23,13(33,34)35)16(40,41)46-8(22,12(30,31)32)14(36,37)44-5(18,4(42)43-2)10(24,25)26/h1H2,2H3. The molecule has 47 heavy (non-hydrogen) atoms. The van der Waals surface area contributed by atoms with Crippen LogP contribution in [-0.4, -0.2) is 85.6 Å². The minimum atomic E-state index is -8.94. The van der Waals surface area contributed by atoms with Crippen LogP contribution in [0.2, 0.25) is 0 Å². The van der Waals surface area contributed by atoms with E-state index in [0.717, 1.165) is 9.47 Å². The van der Waals surface area contributed by atoms with Crippen molar-refractivity contribution in [2.45, 2.75) is 72.6 Å². The molecule has 4 atom stereocenters. The van der Waals surface area contributed by atoms with E-state index in [4.69, 9.17) is 0 Å². The summed E-state index contributed by atoms with van der Waals surface area (Å²) in [5.74, 6) is -40.9. The van der Waals surface area contributed by atoms with E-state index in [-0.39, 0.29) is 0 Å². The highest BCUT2D eigenvalue weighted by molar-refractivity contribution is 5.78. The molecule has 0 aliphatic heterocycles. The Morgan fingerprint density at radius 2 is 0.702 bits per heavy atom. The van der Waals surface area contributed by atoms with Gasteiger partial charge >= 0.3 is 78.5 Å². The molecule has 0 saturated heterocycles. The third-order valence-corrected chi connectivity index (χ3v) is 4.42. The van der Waals surface area contributed by atoms with Crippen LogP contribution in [0.15, 0.2) is 12.4 Å². The average molecular weight is 768 g/mol. The molecule has 0 rings (SSSR count). The van der Waals surface area contributed by atoms with E-state index in [9.17, 15) is 115 Å². The minimum absolute atomic E-state index is 0.436. The Hall–Kier alpha value is -2.70. The molecule has 0 aliphatic carbocycles. The topological polar surface area (TPSA) is 63.2 Å². The highest BCUT2D eigenvalue weighted by Gasteiger charge is 2.89. The zero-order chi connectivity index (χ0) is 38.7. The number of alkyl halides is 24. The summed E-state index contributed by atoms with van der Waals surface area (Å²) in [6.45, 7) is 1.36. The minimum Gasteiger partial charge on any atom is -0.465 e. The number of esters is 1. The number of ether oxygens (including phenoxy) is 5. The van der Waals surface area contributed by atoms with Gasteiger partial charge in [-0.15, -0.1) is 0 Å². The van der Waals surface area contributed by atoms with Crippen LogP contribution in [0.25, 0.3) is 0 Å². The van der Waals surface area contributed by atoms with Crippen molar-refractivity contribution >= 4 is 5.97 Å². The quantitative estimate of drug-likeness (QED) is 0.140. The molecule has 0 saturated carbocycles. The van der Waals surface area contributed by atoms with Crippen molar-refractivity contribution in [3.8, 4) is 0 Å². The second-order valence-electron chi connectivity index (χ2n) is 7.74. The van der Waals surface area contributed by atoms with Gasteiger partial charge in [-0.1, -0.05) is 6.58 Å². The molecule has 0 aliphatic rings. The predicted octanol–water partition coefficient (Wildman–Crippen LogP) is 7.99. The van der Waals surface area contributed by atoms with Gasteiger partial charge in [0.15, 0.2) is 5.83 Å². The third kappa shape index (κ3) is 7.64. The lowest BCUT2D eigenvalue weighted by Crippen LogP contribution is -2.71. The summed E-state index contributed by atoms with van der Waals surface area (Å²) in [6, 6.07) is 0. The number of hydrogen-bond acceptors (Lipinski definition) is 6. The number of halogens is 25. The molecule has 6 nitrogen and oxygen atoms in total. The Balaban J connectivity index is 7.58. The molecule has 0 fully saturated rings. The highest BCUT2D eigenvalue weighted by Crippen LogP contribution is 2.60. The molecule has 0 bridgehead atoms. The molecular weight excluding hydrogens is 763 g/mol. The average Bonchev–Trinajstić information content (AvgIpc) is 2.78. The van der Waals surface area contributed by atoms with E-state index in [1.807, 2.05) is 0 Å². The van der Waals surface area contributed by atoms with E-state index in [1.165, 1.54) is 11.3 Å². The maximum absolute atomic E-state index is 14.4. The molecule has 0 amide bonds. The number of hydrogen-bond donors (Lipinski definition) is 0. The van der Waals surface area contributed by atoms with Gasteiger partial charge in [0.25, 0.3) is 0 Å². The van der Waals surface area contributed by atoms with E-state index in [2.05, 4.69) is 4.74 Å². The Morgan fingerprint density at radius 3 is 0.915 bits per heavy atom. The van der Waals surface area contributed by atoms with Gasteiger partial charge in [0, 0.05) is 0 Å². The van der Waals surface area contributed by atoms with Crippen molar-refractivity contribution < 1.29 is 138 Å². The van der Waals surface area contributed by atoms with Gasteiger partial charge in [0.05, 0.1) is 7.11 Å². The monoisotopic (exact) mass is 768 g/mol. The first-order valence-electron chi connectivity index (χ1n) is 9.78. The van der Waals surface area contributed by atoms with Crippen molar-refractivity contribution in [1.82, 2.24) is 0 Å². The SMILES string of the molecule is C=C(F)C(F)(F)OC(F)(C(F)(F)F)C(F)(F)OC(F)(C(F)(F)F)C(F)(F)OC(F)(C(F)(F)F)C(F)(F)OC(F)(C(=O)OC)C(F)(F)F. The lowest BCUT2D eigenvalue weighted by atomic mass is 10.2. The zero-order valence-electron chi connectivity index (χ0n) is 20.6. The van der Waals surface area contributed by atoms with Gasteiger partial charge in [-0.25, -0.2) is 9.18 Å². The van der Waals surface area contributed by atoms with Crippen LogP contribution in [0.1, 0.15) is 0 Å². The maximum Gasteiger partial charge on any atom is 0.460 e. The molecule has 280 valence electrons. The normalized spacial score (nSPS) is 20.0. The smallest absolute Gasteiger partial charge is 0.460 e. The maximum atomic E-state index is 14.4. The number of rotatable bonds is 13. The summed E-state index contributed by atoms with van der Waals surface area (Å²) in [5, 5.41) is 0. The van der Waals surface area contributed by atoms with Crippen LogP contribution in [-0.2, 0) is 28.5 Å². The van der Waals surface area contributed by atoms with Gasteiger partial charge in [-0.3, -0.25) is 18.9 Å². The highest BCUT2D eigenvalue weighted by atomic mass is 19.4. The summed E-state index contributed by atoms with van der Waals surface area (Å²) < 4.78 is 343. The first-order chi connectivity index (χ1) is 20.0. The summed E-state index contributed by atoms with van der Waals surface area (Å²) in [5.41, 5.74) is 0. The van der Waals surface area contributed by atoms with Crippen LogP contribution >= 0.6 is 0 Å². The summed E-state index contributed by atoms with van der Waals surface area (Å²) >= 11 is 0. The van der Waals surface area contributed by atoms with Crippen molar-refractivity contribution in [2.75, 3.05) is 7.11 Å². The van der Waals surface area contributed by atoms with Gasteiger partial charge < -0.3 is 4.74 Å². The zero-order valence-corrected chi connectivity index (χ0v) is 20.6. The molecule has 0 aromatic heterocycles. The van der Waals surface area contributed by atoms with Crippen LogP contribution in [0.3, 0.4) is 0 Å². The van der Waals surface area contributed by atoms with Crippen molar-refractivity contribution in [1.29, 1.82) is 0 Å². The van der Waals surface area contributed by atoms with E-state index >= 15 is 0 Å². The van der Waals surface area contributed by atoms with Crippen LogP contribution in [0, 0.1) is 0 Å². The molecule has 0 aromatic carbocycles. The first kappa shape index (κ1) is 44.3. The molecule has 0 spiro atoms. The largest absolute Gasteiger partial charge is 0.465 e. The first-order valence-corrected chi connectivity index (χ1v) is 9.78. The Labute approximate surface area is 237 Å². The van der Waals surface area contributed by atoms with E-state index in [1.54, 1.807) is 4.74 Å². The third-order valence-electron chi connectivity index (χ3n) is 4.42. The van der Waals surface area contributed by atoms with Gasteiger partial charge in [0.1, 0.15) is 0 Å². The molecular formula is C16H5F25O6. The van der Waals surface area contributed by atoms with Gasteiger partial charge in [-0.2, -0.15) is 105 Å². The lowest BCUT2D eigenvalue weighted by Gasteiger charge is -2.43. The molecule has 31 heteroatoms. The van der Waals surface area contributed by atoms with E-state index < -0.39 is 91.5 Å². The molecule has 0 heterocycles. The van der Waals surface area contributed by atoms with Gasteiger partial charge in [0.2, 0.25) is 0 Å². The number of carbonyl (C=O) groups is 1. The fraction of sp³-hybridized carbons (Fsp3) is 0.812. The second-order valence-corrected chi connectivity index (χ2v) is 7.74. The number of methoxy groups -OCH3 is 1. The van der Waals surface area contributed by atoms with Crippen molar-refractivity contribution in [3.05, 3.63) is 12.4 Å². The van der Waals surface area contributed by atoms with Crippen LogP contribution < -0.4 is 0 Å². The Bertz CT molecular complexity index is 1160. The Kier molecular flexibility index (Phi) is 11.3. The summed E-state index contributed by atoms with van der Waals surface area (Å²) in [6.07, 6.45) is -65.7. The lowest BCUT2D eigenvalue weighted by molar-refractivity contribution is -0.586. The fourth-order valence-electron chi connectivity index (χ4n) is 2.15. The second kappa shape index (κ2) is 12.0. The molecule has 4 unspecified atom stereocenters. The molecule has 0 aromatic rings. The molecule has 0 radical (unpaired) electrons. The molecule has 0 N–H and O–H groups in total. The van der Waals surface area contributed by atoms with Gasteiger partial charge in [-0.05, 0) is 0 Å². The van der Waals surface area contributed by atoms with Crippen LogP contribution in [0.4, 0.5) is 110 Å². The van der Waals surface area contributed by atoms with Crippen molar-refractivity contribution in [3.63, 3.8) is 0 Å². The summed E-state index contributed by atoms with van der Waals surface area (Å²) in [7, 11) is -0.436. The Morgan fingerprint density at radius 1 is 0.447 bits per heavy atom.